The van der Waals surface area contributed by atoms with E-state index >= 15 is 0 Å². The van der Waals surface area contributed by atoms with Gasteiger partial charge in [-0.25, -0.2) is 17.8 Å². The maximum atomic E-state index is 13.2. The molecule has 0 bridgehead atoms. The molecule has 1 amide bonds. The number of benzene rings is 2. The van der Waals surface area contributed by atoms with E-state index in [9.17, 15) is 13.2 Å². The number of piperidine rings is 1. The van der Waals surface area contributed by atoms with Crippen molar-refractivity contribution >= 4 is 32.8 Å². The maximum Gasteiger partial charge on any atom is 0.414 e. The van der Waals surface area contributed by atoms with Gasteiger partial charge in [0.25, 0.3) is 0 Å². The van der Waals surface area contributed by atoms with Crippen molar-refractivity contribution in [2.45, 2.75) is 37.3 Å². The topological polar surface area (TPSA) is 106 Å². The van der Waals surface area contributed by atoms with Crippen LogP contribution in [0.3, 0.4) is 0 Å². The zero-order valence-electron chi connectivity index (χ0n) is 16.3. The van der Waals surface area contributed by atoms with Crippen molar-refractivity contribution < 1.29 is 22.6 Å². The van der Waals surface area contributed by atoms with Crippen LogP contribution in [-0.4, -0.2) is 48.3 Å². The summed E-state index contributed by atoms with van der Waals surface area (Å²) in [5.74, 6) is 0. The van der Waals surface area contributed by atoms with Crippen molar-refractivity contribution in [3.8, 4) is 0 Å². The second-order valence-corrected chi connectivity index (χ2v) is 9.49. The Bertz CT molecular complexity index is 1230. The number of aryl methyl sites for hydroxylation is 1. The summed E-state index contributed by atoms with van der Waals surface area (Å²) < 4.78 is 37.9. The van der Waals surface area contributed by atoms with Crippen LogP contribution in [-0.2, 0) is 21.4 Å². The average molecular weight is 428 g/mol. The fourth-order valence-corrected chi connectivity index (χ4v) is 5.79. The van der Waals surface area contributed by atoms with Crippen LogP contribution in [0.2, 0.25) is 0 Å². The lowest BCUT2D eigenvalue weighted by Gasteiger charge is -2.39. The fourth-order valence-electron chi connectivity index (χ4n) is 4.19. The van der Waals surface area contributed by atoms with Crippen molar-refractivity contribution in [3.63, 3.8) is 0 Å². The number of fused-ring (bicyclic) bond motifs is 2. The molecule has 156 valence electrons. The number of carbonyl (C=O) groups is 1. The number of amides is 1. The highest BCUT2D eigenvalue weighted by Crippen LogP contribution is 2.34. The van der Waals surface area contributed by atoms with E-state index in [0.717, 1.165) is 16.8 Å². The summed E-state index contributed by atoms with van der Waals surface area (Å²) in [7, 11) is -3.76. The predicted molar refractivity (Wildman–Crippen MR) is 107 cm³/mol. The summed E-state index contributed by atoms with van der Waals surface area (Å²) >= 11 is 0. The van der Waals surface area contributed by atoms with Gasteiger partial charge in [-0.05, 0) is 48.3 Å². The molecule has 0 spiro atoms. The summed E-state index contributed by atoms with van der Waals surface area (Å²) in [6, 6.07) is 10.6. The van der Waals surface area contributed by atoms with Crippen molar-refractivity contribution in [2.75, 3.05) is 18.0 Å². The van der Waals surface area contributed by atoms with Gasteiger partial charge in [0, 0.05) is 24.7 Å². The molecule has 2 aromatic carbocycles. The van der Waals surface area contributed by atoms with E-state index in [2.05, 4.69) is 10.3 Å². The van der Waals surface area contributed by atoms with Gasteiger partial charge in [-0.3, -0.25) is 4.90 Å². The third-order valence-electron chi connectivity index (χ3n) is 5.70. The molecule has 1 aromatic heterocycles. The molecule has 0 atom stereocenters. The van der Waals surface area contributed by atoms with E-state index in [1.165, 1.54) is 10.4 Å². The van der Waals surface area contributed by atoms with Crippen LogP contribution in [0.1, 0.15) is 24.0 Å². The summed E-state index contributed by atoms with van der Waals surface area (Å²) in [6.45, 7) is 2.84. The Labute approximate surface area is 173 Å². The maximum absolute atomic E-state index is 13.2. The molecule has 1 saturated heterocycles. The number of hydrogen-bond donors (Lipinski definition) is 0. The van der Waals surface area contributed by atoms with Crippen LogP contribution in [0.25, 0.3) is 11.0 Å². The van der Waals surface area contributed by atoms with Gasteiger partial charge in [-0.1, -0.05) is 23.8 Å². The lowest BCUT2D eigenvalue weighted by molar-refractivity contribution is 0.135. The first-order valence-electron chi connectivity index (χ1n) is 9.72. The number of sulfonamides is 1. The molecule has 2 aliphatic rings. The molecule has 5 rings (SSSR count). The predicted octanol–water partition coefficient (Wildman–Crippen LogP) is 2.84. The first-order chi connectivity index (χ1) is 14.4. The zero-order valence-corrected chi connectivity index (χ0v) is 17.1. The molecule has 0 unspecified atom stereocenters. The Morgan fingerprint density at radius 1 is 1.10 bits per heavy atom. The molecule has 9 nitrogen and oxygen atoms in total. The Morgan fingerprint density at radius 3 is 2.70 bits per heavy atom. The Hall–Kier alpha value is -2.98. The lowest BCUT2D eigenvalue weighted by atomic mass is 10.0. The van der Waals surface area contributed by atoms with Gasteiger partial charge >= 0.3 is 6.09 Å². The van der Waals surface area contributed by atoms with Gasteiger partial charge in [-0.15, -0.1) is 0 Å². The highest BCUT2D eigenvalue weighted by molar-refractivity contribution is 7.89. The van der Waals surface area contributed by atoms with Crippen molar-refractivity contribution in [1.29, 1.82) is 0 Å². The molecule has 0 radical (unpaired) electrons. The molecule has 10 heteroatoms. The van der Waals surface area contributed by atoms with E-state index in [1.54, 1.807) is 17.0 Å². The van der Waals surface area contributed by atoms with Gasteiger partial charge in [0.15, 0.2) is 5.52 Å². The minimum Gasteiger partial charge on any atom is -0.444 e. The normalized spacial score (nSPS) is 18.4. The fraction of sp³-hybridized carbons (Fsp3) is 0.350. The molecule has 1 fully saturated rings. The Morgan fingerprint density at radius 2 is 1.90 bits per heavy atom. The van der Waals surface area contributed by atoms with E-state index in [-0.39, 0.29) is 29.2 Å². The summed E-state index contributed by atoms with van der Waals surface area (Å²) in [4.78, 5) is 14.3. The second kappa shape index (κ2) is 7.06. The number of ether oxygens (including phenoxy) is 1. The number of nitrogens with zero attached hydrogens (tertiary/aromatic N) is 4. The van der Waals surface area contributed by atoms with Crippen LogP contribution < -0.4 is 4.90 Å². The molecule has 3 aromatic rings. The SMILES string of the molecule is Cc1ccc2c(c1)COC(=O)N2C1CCN(S(=O)(=O)c2cccc3nonc23)CC1. The van der Waals surface area contributed by atoms with Crippen LogP contribution in [0, 0.1) is 6.92 Å². The van der Waals surface area contributed by atoms with E-state index in [4.69, 9.17) is 9.37 Å². The van der Waals surface area contributed by atoms with Crippen LogP contribution in [0.5, 0.6) is 0 Å². The number of cyclic esters (lactones) is 1. The summed E-state index contributed by atoms with van der Waals surface area (Å²) in [5, 5.41) is 7.47. The molecule has 30 heavy (non-hydrogen) atoms. The van der Waals surface area contributed by atoms with Gasteiger partial charge in [0.1, 0.15) is 17.0 Å². The molecule has 0 N–H and O–H groups in total. The lowest BCUT2D eigenvalue weighted by Crippen LogP contribution is -2.50. The van der Waals surface area contributed by atoms with E-state index < -0.39 is 10.0 Å². The van der Waals surface area contributed by atoms with Crippen LogP contribution in [0.4, 0.5) is 10.5 Å². The average Bonchev–Trinajstić information content (AvgIpc) is 3.23. The molecule has 3 heterocycles. The molecular formula is C20H20N4O5S. The Balaban J connectivity index is 1.38. The van der Waals surface area contributed by atoms with Crippen LogP contribution >= 0.6 is 0 Å². The molecule has 0 saturated carbocycles. The number of rotatable bonds is 3. The first kappa shape index (κ1) is 19.0. The smallest absolute Gasteiger partial charge is 0.414 e. The largest absolute Gasteiger partial charge is 0.444 e. The van der Waals surface area contributed by atoms with E-state index in [1.807, 2.05) is 25.1 Å². The van der Waals surface area contributed by atoms with Crippen molar-refractivity contribution in [2.24, 2.45) is 0 Å². The zero-order chi connectivity index (χ0) is 20.9. The highest BCUT2D eigenvalue weighted by atomic mass is 32.2. The van der Waals surface area contributed by atoms with Gasteiger partial charge in [-0.2, -0.15) is 4.31 Å². The number of aromatic nitrogens is 2. The van der Waals surface area contributed by atoms with Crippen LogP contribution in [0.15, 0.2) is 45.9 Å². The van der Waals surface area contributed by atoms with Crippen molar-refractivity contribution in [1.82, 2.24) is 14.6 Å². The first-order valence-corrected chi connectivity index (χ1v) is 11.2. The quantitative estimate of drug-likeness (QED) is 0.631. The minimum absolute atomic E-state index is 0.0814. The molecule has 2 aliphatic heterocycles. The van der Waals surface area contributed by atoms with Crippen molar-refractivity contribution in [3.05, 3.63) is 47.5 Å². The number of hydrogen-bond acceptors (Lipinski definition) is 7. The molecule has 0 aliphatic carbocycles. The monoisotopic (exact) mass is 428 g/mol. The minimum atomic E-state index is -3.76. The summed E-state index contributed by atoms with van der Waals surface area (Å²) in [6.07, 6.45) is 0.634. The molecular weight excluding hydrogens is 408 g/mol. The number of carbonyl (C=O) groups excluding carboxylic acids is 1. The van der Waals surface area contributed by atoms with Gasteiger partial charge < -0.3 is 4.74 Å². The third kappa shape index (κ3) is 3.03. The number of anilines is 1. The Kier molecular flexibility index (Phi) is 4.48. The highest BCUT2D eigenvalue weighted by Gasteiger charge is 2.37. The summed E-state index contributed by atoms with van der Waals surface area (Å²) in [5.41, 5.74) is 3.54. The standard InChI is InChI=1S/C20H20N4O5S/c1-13-5-6-17-14(11-13)12-28-20(25)24(17)15-7-9-23(10-8-15)30(26,27)18-4-2-3-16-19(18)22-29-21-16/h2-6,11,15H,7-10,12H2,1H3. The van der Waals surface area contributed by atoms with Gasteiger partial charge in [0.05, 0.1) is 5.69 Å². The second-order valence-electron chi connectivity index (χ2n) is 7.58. The van der Waals surface area contributed by atoms with Gasteiger partial charge in [0.2, 0.25) is 10.0 Å². The van der Waals surface area contributed by atoms with E-state index in [0.29, 0.717) is 31.4 Å². The third-order valence-corrected chi connectivity index (χ3v) is 7.63.